The fraction of sp³-hybridized carbons (Fsp3) is 0.105. The SMILES string of the molecule is CN(CC(=O)Nc1ccccc1Br)c1ccc2ccccc2c1. The second-order valence-corrected chi connectivity index (χ2v) is 6.27. The summed E-state index contributed by atoms with van der Waals surface area (Å²) < 4.78 is 0.877. The number of hydrogen-bond donors (Lipinski definition) is 1. The van der Waals surface area contributed by atoms with Crippen LogP contribution in [0.1, 0.15) is 0 Å². The Morgan fingerprint density at radius 1 is 1.00 bits per heavy atom. The van der Waals surface area contributed by atoms with E-state index in [4.69, 9.17) is 0 Å². The van der Waals surface area contributed by atoms with Gasteiger partial charge in [-0.1, -0.05) is 42.5 Å². The summed E-state index contributed by atoms with van der Waals surface area (Å²) in [5.41, 5.74) is 1.80. The molecule has 23 heavy (non-hydrogen) atoms. The molecule has 0 bridgehead atoms. The molecule has 1 N–H and O–H groups in total. The van der Waals surface area contributed by atoms with Crippen LogP contribution in [0.25, 0.3) is 10.8 Å². The summed E-state index contributed by atoms with van der Waals surface area (Å²) in [6.07, 6.45) is 0. The highest BCUT2D eigenvalue weighted by molar-refractivity contribution is 9.10. The van der Waals surface area contributed by atoms with Crippen molar-refractivity contribution < 1.29 is 4.79 Å². The topological polar surface area (TPSA) is 32.3 Å². The Balaban J connectivity index is 1.71. The van der Waals surface area contributed by atoms with E-state index in [-0.39, 0.29) is 5.91 Å². The van der Waals surface area contributed by atoms with Gasteiger partial charge in [0.25, 0.3) is 0 Å². The number of para-hydroxylation sites is 1. The third-order valence-corrected chi connectivity index (χ3v) is 4.39. The van der Waals surface area contributed by atoms with Gasteiger partial charge in [0.05, 0.1) is 12.2 Å². The second-order valence-electron chi connectivity index (χ2n) is 5.42. The number of halogens is 1. The van der Waals surface area contributed by atoms with Gasteiger partial charge in [-0.05, 0) is 51.0 Å². The van der Waals surface area contributed by atoms with Gasteiger partial charge in [-0.15, -0.1) is 0 Å². The van der Waals surface area contributed by atoms with E-state index in [0.29, 0.717) is 6.54 Å². The molecule has 3 rings (SSSR count). The number of anilines is 2. The molecule has 0 heterocycles. The fourth-order valence-electron chi connectivity index (χ4n) is 2.47. The summed E-state index contributed by atoms with van der Waals surface area (Å²) in [4.78, 5) is 14.2. The van der Waals surface area contributed by atoms with Crippen LogP contribution < -0.4 is 10.2 Å². The number of carbonyl (C=O) groups is 1. The third kappa shape index (κ3) is 3.71. The van der Waals surface area contributed by atoms with Crippen LogP contribution in [0, 0.1) is 0 Å². The predicted molar refractivity (Wildman–Crippen MR) is 100.0 cm³/mol. The normalized spacial score (nSPS) is 10.5. The van der Waals surface area contributed by atoms with Crippen molar-refractivity contribution in [1.29, 1.82) is 0 Å². The Hall–Kier alpha value is -2.33. The number of nitrogens with one attached hydrogen (secondary N) is 1. The molecule has 116 valence electrons. The summed E-state index contributed by atoms with van der Waals surface area (Å²) in [7, 11) is 1.92. The largest absolute Gasteiger partial charge is 0.365 e. The van der Waals surface area contributed by atoms with Crippen LogP contribution in [-0.4, -0.2) is 19.5 Å². The molecule has 0 aliphatic heterocycles. The van der Waals surface area contributed by atoms with Crippen LogP contribution in [0.2, 0.25) is 0 Å². The lowest BCUT2D eigenvalue weighted by molar-refractivity contribution is -0.114. The minimum absolute atomic E-state index is 0.0486. The maximum absolute atomic E-state index is 12.2. The van der Waals surface area contributed by atoms with Crippen molar-refractivity contribution >= 4 is 44.0 Å². The highest BCUT2D eigenvalue weighted by Crippen LogP contribution is 2.23. The fourth-order valence-corrected chi connectivity index (χ4v) is 2.86. The zero-order chi connectivity index (χ0) is 16.2. The lowest BCUT2D eigenvalue weighted by atomic mass is 10.1. The Kier molecular flexibility index (Phi) is 4.63. The van der Waals surface area contributed by atoms with E-state index in [9.17, 15) is 4.79 Å². The molecule has 0 saturated heterocycles. The zero-order valence-corrected chi connectivity index (χ0v) is 14.4. The monoisotopic (exact) mass is 368 g/mol. The Labute approximate surface area is 144 Å². The summed E-state index contributed by atoms with van der Waals surface area (Å²) in [5, 5.41) is 5.29. The molecular weight excluding hydrogens is 352 g/mol. The Morgan fingerprint density at radius 3 is 2.48 bits per heavy atom. The van der Waals surface area contributed by atoms with Crippen molar-refractivity contribution in [2.45, 2.75) is 0 Å². The molecule has 0 spiro atoms. The highest BCUT2D eigenvalue weighted by Gasteiger charge is 2.09. The van der Waals surface area contributed by atoms with Gasteiger partial charge >= 0.3 is 0 Å². The van der Waals surface area contributed by atoms with E-state index in [1.165, 1.54) is 10.8 Å². The van der Waals surface area contributed by atoms with Crippen LogP contribution in [0.4, 0.5) is 11.4 Å². The maximum atomic E-state index is 12.2. The number of carbonyl (C=O) groups excluding carboxylic acids is 1. The molecule has 0 aliphatic rings. The number of amides is 1. The third-order valence-electron chi connectivity index (χ3n) is 3.70. The minimum atomic E-state index is -0.0486. The molecular formula is C19H17BrN2O. The molecule has 3 nitrogen and oxygen atoms in total. The van der Waals surface area contributed by atoms with E-state index in [1.54, 1.807) is 0 Å². The molecule has 0 saturated carbocycles. The molecule has 0 radical (unpaired) electrons. The van der Waals surface area contributed by atoms with Crippen LogP contribution in [-0.2, 0) is 4.79 Å². The van der Waals surface area contributed by atoms with E-state index in [2.05, 4.69) is 45.5 Å². The lowest BCUT2D eigenvalue weighted by Crippen LogP contribution is -2.30. The maximum Gasteiger partial charge on any atom is 0.243 e. The van der Waals surface area contributed by atoms with Gasteiger partial charge in [0, 0.05) is 17.2 Å². The first-order valence-electron chi connectivity index (χ1n) is 7.38. The molecule has 3 aromatic carbocycles. The number of benzene rings is 3. The number of likely N-dealkylation sites (N-methyl/N-ethyl adjacent to an activating group) is 1. The zero-order valence-electron chi connectivity index (χ0n) is 12.8. The second kappa shape index (κ2) is 6.84. The first kappa shape index (κ1) is 15.6. The average molecular weight is 369 g/mol. The molecule has 1 amide bonds. The molecule has 3 aromatic rings. The van der Waals surface area contributed by atoms with E-state index in [0.717, 1.165) is 15.8 Å². The van der Waals surface area contributed by atoms with Gasteiger partial charge in [0.15, 0.2) is 0 Å². The summed E-state index contributed by atoms with van der Waals surface area (Å²) >= 11 is 3.43. The van der Waals surface area contributed by atoms with E-state index in [1.807, 2.05) is 54.4 Å². The molecule has 4 heteroatoms. The van der Waals surface area contributed by atoms with Crippen molar-refractivity contribution in [2.75, 3.05) is 23.8 Å². The standard InChI is InChI=1S/C19H17BrN2O/c1-22(13-19(23)21-18-9-5-4-8-17(18)20)16-11-10-14-6-2-3-7-15(14)12-16/h2-12H,13H2,1H3,(H,21,23). The lowest BCUT2D eigenvalue weighted by Gasteiger charge is -2.19. The summed E-state index contributed by atoms with van der Waals surface area (Å²) in [6.45, 7) is 0.291. The van der Waals surface area contributed by atoms with Crippen molar-refractivity contribution in [3.63, 3.8) is 0 Å². The van der Waals surface area contributed by atoms with Gasteiger partial charge in [-0.25, -0.2) is 0 Å². The number of hydrogen-bond acceptors (Lipinski definition) is 2. The van der Waals surface area contributed by atoms with Crippen molar-refractivity contribution in [3.05, 3.63) is 71.2 Å². The smallest absolute Gasteiger partial charge is 0.243 e. The van der Waals surface area contributed by atoms with Crippen molar-refractivity contribution in [2.24, 2.45) is 0 Å². The number of fused-ring (bicyclic) bond motifs is 1. The van der Waals surface area contributed by atoms with Crippen molar-refractivity contribution in [1.82, 2.24) is 0 Å². The van der Waals surface area contributed by atoms with Crippen LogP contribution in [0.3, 0.4) is 0 Å². The van der Waals surface area contributed by atoms with Gasteiger partial charge in [-0.2, -0.15) is 0 Å². The van der Waals surface area contributed by atoms with Crippen LogP contribution in [0.15, 0.2) is 71.2 Å². The summed E-state index contributed by atoms with van der Waals surface area (Å²) in [6, 6.07) is 22.0. The van der Waals surface area contributed by atoms with E-state index >= 15 is 0 Å². The molecule has 0 aromatic heterocycles. The predicted octanol–water partition coefficient (Wildman–Crippen LogP) is 4.68. The highest BCUT2D eigenvalue weighted by atomic mass is 79.9. The van der Waals surface area contributed by atoms with Gasteiger partial charge in [0.1, 0.15) is 0 Å². The average Bonchev–Trinajstić information content (AvgIpc) is 2.56. The first-order valence-corrected chi connectivity index (χ1v) is 8.17. The van der Waals surface area contributed by atoms with Crippen molar-refractivity contribution in [3.8, 4) is 0 Å². The summed E-state index contributed by atoms with van der Waals surface area (Å²) in [5.74, 6) is -0.0486. The minimum Gasteiger partial charge on any atom is -0.365 e. The van der Waals surface area contributed by atoms with Crippen LogP contribution in [0.5, 0.6) is 0 Å². The molecule has 0 aliphatic carbocycles. The molecule has 0 fully saturated rings. The Bertz CT molecular complexity index is 847. The van der Waals surface area contributed by atoms with Gasteiger partial charge < -0.3 is 10.2 Å². The quantitative estimate of drug-likeness (QED) is 0.725. The van der Waals surface area contributed by atoms with Gasteiger partial charge in [-0.3, -0.25) is 4.79 Å². The van der Waals surface area contributed by atoms with Gasteiger partial charge in [0.2, 0.25) is 5.91 Å². The van der Waals surface area contributed by atoms with Crippen LogP contribution >= 0.6 is 15.9 Å². The Morgan fingerprint density at radius 2 is 1.70 bits per heavy atom. The number of nitrogens with zero attached hydrogens (tertiary/aromatic N) is 1. The van der Waals surface area contributed by atoms with E-state index < -0.39 is 0 Å². The number of rotatable bonds is 4. The first-order chi connectivity index (χ1) is 11.1. The molecule has 0 atom stereocenters. The molecule has 0 unspecified atom stereocenters.